The summed E-state index contributed by atoms with van der Waals surface area (Å²) in [7, 11) is 0. The van der Waals surface area contributed by atoms with Gasteiger partial charge in [0.1, 0.15) is 18.7 Å². The van der Waals surface area contributed by atoms with E-state index in [9.17, 15) is 14.4 Å². The molecule has 1 N–H and O–H groups in total. The van der Waals surface area contributed by atoms with Gasteiger partial charge in [0.15, 0.2) is 0 Å². The number of carbonyl (C=O) groups excluding carboxylic acids is 3. The molecule has 0 unspecified atom stereocenters. The molecule has 7 heteroatoms. The highest BCUT2D eigenvalue weighted by atomic mass is 16.5. The standard InChI is InChI=1S/C20H29N3O4/c1-5-22(14(2)3)18(24)15(4)23-12-11-17(19(23)25)21-20(26)27-13-16-9-7-6-8-10-16/h6-10,14-15,17H,5,11-13H2,1-4H3,(H,21,26)/t15-,17-/m0/s1. The fourth-order valence-corrected chi connectivity index (χ4v) is 3.28. The minimum absolute atomic E-state index is 0.0736. The first-order valence-electron chi connectivity index (χ1n) is 9.43. The smallest absolute Gasteiger partial charge is 0.408 e. The van der Waals surface area contributed by atoms with Gasteiger partial charge >= 0.3 is 6.09 Å². The van der Waals surface area contributed by atoms with Crippen molar-refractivity contribution in [2.75, 3.05) is 13.1 Å². The molecule has 0 aliphatic carbocycles. The van der Waals surface area contributed by atoms with Gasteiger partial charge in [-0.05, 0) is 39.7 Å². The van der Waals surface area contributed by atoms with Crippen LogP contribution in [-0.4, -0.2) is 58.9 Å². The molecule has 0 radical (unpaired) electrons. The number of ether oxygens (including phenoxy) is 1. The maximum absolute atomic E-state index is 12.7. The number of benzene rings is 1. The van der Waals surface area contributed by atoms with E-state index in [0.717, 1.165) is 5.56 Å². The average molecular weight is 375 g/mol. The van der Waals surface area contributed by atoms with Crippen LogP contribution in [0, 0.1) is 0 Å². The third-order valence-electron chi connectivity index (χ3n) is 4.82. The van der Waals surface area contributed by atoms with Gasteiger partial charge in [-0.1, -0.05) is 30.3 Å². The van der Waals surface area contributed by atoms with E-state index in [0.29, 0.717) is 19.5 Å². The number of hydrogen-bond acceptors (Lipinski definition) is 4. The summed E-state index contributed by atoms with van der Waals surface area (Å²) in [6.45, 7) is 8.73. The zero-order chi connectivity index (χ0) is 20.0. The molecule has 0 saturated carbocycles. The van der Waals surface area contributed by atoms with Gasteiger partial charge in [-0.15, -0.1) is 0 Å². The van der Waals surface area contributed by atoms with Gasteiger partial charge in [-0.25, -0.2) is 4.79 Å². The monoisotopic (exact) mass is 375 g/mol. The number of nitrogens with one attached hydrogen (secondary N) is 1. The van der Waals surface area contributed by atoms with Gasteiger partial charge in [0, 0.05) is 19.1 Å². The zero-order valence-corrected chi connectivity index (χ0v) is 16.5. The fourth-order valence-electron chi connectivity index (χ4n) is 3.28. The van der Waals surface area contributed by atoms with Crippen LogP contribution in [0.3, 0.4) is 0 Å². The predicted octanol–water partition coefficient (Wildman–Crippen LogP) is 2.16. The Hall–Kier alpha value is -2.57. The number of likely N-dealkylation sites (tertiary alicyclic amines) is 1. The van der Waals surface area contributed by atoms with Crippen molar-refractivity contribution in [1.82, 2.24) is 15.1 Å². The van der Waals surface area contributed by atoms with Crippen molar-refractivity contribution >= 4 is 17.9 Å². The van der Waals surface area contributed by atoms with E-state index in [1.165, 1.54) is 4.90 Å². The van der Waals surface area contributed by atoms with E-state index in [4.69, 9.17) is 4.74 Å². The summed E-state index contributed by atoms with van der Waals surface area (Å²) in [5.41, 5.74) is 0.875. The van der Waals surface area contributed by atoms with Gasteiger partial charge in [0.2, 0.25) is 11.8 Å². The van der Waals surface area contributed by atoms with E-state index in [1.807, 2.05) is 51.1 Å². The Bertz CT molecular complexity index is 662. The van der Waals surface area contributed by atoms with Crippen LogP contribution in [0.5, 0.6) is 0 Å². The molecule has 1 saturated heterocycles. The van der Waals surface area contributed by atoms with Crippen molar-refractivity contribution in [3.63, 3.8) is 0 Å². The molecule has 1 aromatic rings. The van der Waals surface area contributed by atoms with Crippen molar-refractivity contribution in [3.05, 3.63) is 35.9 Å². The molecule has 1 aliphatic heterocycles. The largest absolute Gasteiger partial charge is 0.445 e. The van der Waals surface area contributed by atoms with Gasteiger partial charge < -0.3 is 19.9 Å². The van der Waals surface area contributed by atoms with Crippen molar-refractivity contribution in [1.29, 1.82) is 0 Å². The van der Waals surface area contributed by atoms with E-state index >= 15 is 0 Å². The zero-order valence-electron chi connectivity index (χ0n) is 16.5. The summed E-state index contributed by atoms with van der Waals surface area (Å²) in [5, 5.41) is 2.61. The molecular weight excluding hydrogens is 346 g/mol. The predicted molar refractivity (Wildman–Crippen MR) is 102 cm³/mol. The minimum atomic E-state index is -0.655. The molecule has 0 spiro atoms. The van der Waals surface area contributed by atoms with Crippen LogP contribution in [0.4, 0.5) is 4.79 Å². The Balaban J connectivity index is 1.88. The molecule has 3 amide bonds. The molecular formula is C20H29N3O4. The van der Waals surface area contributed by atoms with E-state index in [-0.39, 0.29) is 24.5 Å². The molecule has 148 valence electrons. The summed E-state index contributed by atoms with van der Waals surface area (Å²) in [5.74, 6) is -0.319. The lowest BCUT2D eigenvalue weighted by atomic mass is 10.2. The van der Waals surface area contributed by atoms with Crippen LogP contribution >= 0.6 is 0 Å². The summed E-state index contributed by atoms with van der Waals surface area (Å²) in [4.78, 5) is 40.6. The van der Waals surface area contributed by atoms with Crippen LogP contribution < -0.4 is 5.32 Å². The van der Waals surface area contributed by atoms with Crippen molar-refractivity contribution in [3.8, 4) is 0 Å². The maximum atomic E-state index is 12.7. The highest BCUT2D eigenvalue weighted by molar-refractivity contribution is 5.92. The van der Waals surface area contributed by atoms with Gasteiger partial charge in [0.25, 0.3) is 0 Å². The molecule has 1 heterocycles. The normalized spacial score (nSPS) is 17.7. The summed E-state index contributed by atoms with van der Waals surface area (Å²) >= 11 is 0. The highest BCUT2D eigenvalue weighted by Gasteiger charge is 2.39. The van der Waals surface area contributed by atoms with Crippen LogP contribution in [-0.2, 0) is 20.9 Å². The lowest BCUT2D eigenvalue weighted by Crippen LogP contribution is -2.51. The topological polar surface area (TPSA) is 79.0 Å². The fraction of sp³-hybridized carbons (Fsp3) is 0.550. The van der Waals surface area contributed by atoms with Crippen LogP contribution in [0.1, 0.15) is 39.7 Å². The summed E-state index contributed by atoms with van der Waals surface area (Å²) in [6.07, 6.45) is -0.166. The number of nitrogens with zero attached hydrogens (tertiary/aromatic N) is 2. The molecule has 2 atom stereocenters. The first kappa shape index (κ1) is 20.7. The molecule has 1 fully saturated rings. The van der Waals surface area contributed by atoms with Crippen molar-refractivity contribution in [2.24, 2.45) is 0 Å². The first-order valence-corrected chi connectivity index (χ1v) is 9.43. The lowest BCUT2D eigenvalue weighted by molar-refractivity contribution is -0.144. The Morgan fingerprint density at radius 1 is 1.26 bits per heavy atom. The van der Waals surface area contributed by atoms with Crippen LogP contribution in [0.25, 0.3) is 0 Å². The number of amides is 3. The molecule has 27 heavy (non-hydrogen) atoms. The quantitative estimate of drug-likeness (QED) is 0.792. The van der Waals surface area contributed by atoms with Crippen LogP contribution in [0.2, 0.25) is 0 Å². The lowest BCUT2D eigenvalue weighted by Gasteiger charge is -2.32. The maximum Gasteiger partial charge on any atom is 0.408 e. The van der Waals surface area contributed by atoms with Crippen LogP contribution in [0.15, 0.2) is 30.3 Å². The second kappa shape index (κ2) is 9.39. The molecule has 7 nitrogen and oxygen atoms in total. The van der Waals surface area contributed by atoms with E-state index in [1.54, 1.807) is 11.8 Å². The highest BCUT2D eigenvalue weighted by Crippen LogP contribution is 2.17. The Morgan fingerprint density at radius 3 is 2.52 bits per heavy atom. The number of alkyl carbamates (subject to hydrolysis) is 1. The average Bonchev–Trinajstić information content (AvgIpc) is 3.00. The van der Waals surface area contributed by atoms with Crippen molar-refractivity contribution in [2.45, 2.75) is 58.8 Å². The number of carbonyl (C=O) groups is 3. The number of rotatable bonds is 7. The van der Waals surface area contributed by atoms with E-state index in [2.05, 4.69) is 5.32 Å². The molecule has 2 rings (SSSR count). The molecule has 0 aromatic heterocycles. The Kier molecular flexibility index (Phi) is 7.21. The third-order valence-corrected chi connectivity index (χ3v) is 4.82. The third kappa shape index (κ3) is 5.21. The molecule has 1 aliphatic rings. The SMILES string of the molecule is CCN(C(=O)[C@H](C)N1CC[C@H](NC(=O)OCc2ccccc2)C1=O)C(C)C. The van der Waals surface area contributed by atoms with Crippen molar-refractivity contribution < 1.29 is 19.1 Å². The Labute approximate surface area is 160 Å². The first-order chi connectivity index (χ1) is 12.8. The van der Waals surface area contributed by atoms with Gasteiger partial charge in [-0.2, -0.15) is 0 Å². The molecule has 0 bridgehead atoms. The summed E-state index contributed by atoms with van der Waals surface area (Å²) < 4.78 is 5.17. The van der Waals surface area contributed by atoms with Gasteiger partial charge in [0.05, 0.1) is 0 Å². The van der Waals surface area contributed by atoms with Gasteiger partial charge in [-0.3, -0.25) is 9.59 Å². The summed E-state index contributed by atoms with van der Waals surface area (Å²) in [6, 6.07) is 8.20. The second-order valence-corrected chi connectivity index (χ2v) is 6.97. The Morgan fingerprint density at radius 2 is 1.93 bits per heavy atom. The minimum Gasteiger partial charge on any atom is -0.445 e. The number of hydrogen-bond donors (Lipinski definition) is 1. The number of likely N-dealkylation sites (N-methyl/N-ethyl adjacent to an activating group) is 1. The van der Waals surface area contributed by atoms with E-state index < -0.39 is 18.2 Å². The molecule has 1 aromatic carbocycles. The second-order valence-electron chi connectivity index (χ2n) is 6.97.